The van der Waals surface area contributed by atoms with Crippen molar-refractivity contribution in [2.24, 2.45) is 22.7 Å². The zero-order valence-electron chi connectivity index (χ0n) is 21.3. The molecule has 8 heteroatoms. The highest BCUT2D eigenvalue weighted by Crippen LogP contribution is 2.45. The van der Waals surface area contributed by atoms with Gasteiger partial charge in [-0.15, -0.1) is 0 Å². The first-order chi connectivity index (χ1) is 15.8. The van der Waals surface area contributed by atoms with Gasteiger partial charge in [0.15, 0.2) is 5.82 Å². The van der Waals surface area contributed by atoms with E-state index in [1.165, 1.54) is 0 Å². The largest absolute Gasteiger partial charge is 0.438 e. The first-order valence-electron chi connectivity index (χ1n) is 11.9. The summed E-state index contributed by atoms with van der Waals surface area (Å²) in [6.45, 7) is 14.2. The SMILES string of the molecule is CC(C(=O)OC(C(=O)OC(=O)C1CCNCC1)(c1nc2ccccc2[nH]1)C(C)(C)C)C(C)(C)C. The van der Waals surface area contributed by atoms with Crippen LogP contribution in [-0.2, 0) is 29.5 Å². The number of H-pyrrole nitrogens is 1. The second-order valence-electron chi connectivity index (χ2n) is 11.3. The van der Waals surface area contributed by atoms with Crippen molar-refractivity contribution in [2.75, 3.05) is 13.1 Å². The van der Waals surface area contributed by atoms with E-state index in [0.29, 0.717) is 37.0 Å². The maximum Gasteiger partial charge on any atom is 0.366 e. The molecule has 0 aliphatic carbocycles. The summed E-state index contributed by atoms with van der Waals surface area (Å²) in [5.74, 6) is -2.87. The van der Waals surface area contributed by atoms with E-state index >= 15 is 0 Å². The van der Waals surface area contributed by atoms with Gasteiger partial charge in [0.05, 0.1) is 22.9 Å². The molecule has 2 aromatic rings. The van der Waals surface area contributed by atoms with Crippen LogP contribution in [-0.4, -0.2) is 41.0 Å². The van der Waals surface area contributed by atoms with E-state index in [1.807, 2.05) is 39.0 Å². The first kappa shape index (κ1) is 25.9. The molecule has 34 heavy (non-hydrogen) atoms. The fraction of sp³-hybridized carbons (Fsp3) is 0.615. The molecule has 1 aliphatic heterocycles. The molecule has 2 heterocycles. The molecule has 0 bridgehead atoms. The Bertz CT molecular complexity index is 1020. The number of imidazole rings is 1. The average molecular weight is 472 g/mol. The quantitative estimate of drug-likeness (QED) is 0.499. The third kappa shape index (κ3) is 5.02. The third-order valence-electron chi connectivity index (χ3n) is 6.84. The molecule has 1 aromatic heterocycles. The van der Waals surface area contributed by atoms with Gasteiger partial charge < -0.3 is 19.8 Å². The predicted octanol–water partition coefficient (Wildman–Crippen LogP) is 4.10. The molecule has 2 unspecified atom stereocenters. The standard InChI is InChI=1S/C26H37N3O5/c1-16(24(2,3)4)20(30)34-26(25(5,6)7,22-28-18-10-8-9-11-19(18)29-22)23(32)33-21(31)17-12-14-27-15-13-17/h8-11,16-17,27H,12-15H2,1-7H3,(H,28,29). The van der Waals surface area contributed by atoms with Gasteiger partial charge in [0.25, 0.3) is 5.60 Å². The van der Waals surface area contributed by atoms with Crippen molar-refractivity contribution in [3.8, 4) is 0 Å². The Morgan fingerprint density at radius 3 is 2.21 bits per heavy atom. The summed E-state index contributed by atoms with van der Waals surface area (Å²) in [5.41, 5.74) is -2.04. The molecule has 1 aliphatic rings. The minimum Gasteiger partial charge on any atom is -0.438 e. The monoisotopic (exact) mass is 471 g/mol. The molecule has 1 saturated heterocycles. The minimum absolute atomic E-state index is 0.138. The molecule has 0 radical (unpaired) electrons. The van der Waals surface area contributed by atoms with Crippen molar-refractivity contribution in [3.63, 3.8) is 0 Å². The summed E-state index contributed by atoms with van der Waals surface area (Å²) < 4.78 is 11.5. The Labute approximate surface area is 201 Å². The Kier molecular flexibility index (Phi) is 7.22. The van der Waals surface area contributed by atoms with Crippen LogP contribution in [0.15, 0.2) is 24.3 Å². The van der Waals surface area contributed by atoms with Crippen LogP contribution in [0.1, 0.15) is 67.1 Å². The van der Waals surface area contributed by atoms with E-state index in [1.54, 1.807) is 33.8 Å². The summed E-state index contributed by atoms with van der Waals surface area (Å²) in [6.07, 6.45) is 1.17. The maximum atomic E-state index is 13.9. The van der Waals surface area contributed by atoms with Crippen LogP contribution in [0.2, 0.25) is 0 Å². The zero-order chi connectivity index (χ0) is 25.3. The molecular formula is C26H37N3O5. The molecule has 1 fully saturated rings. The second kappa shape index (κ2) is 9.49. The van der Waals surface area contributed by atoms with Gasteiger partial charge in [0.2, 0.25) is 0 Å². The number of aromatic amines is 1. The number of carbonyl (C=O) groups excluding carboxylic acids is 3. The number of nitrogens with one attached hydrogen (secondary N) is 2. The van der Waals surface area contributed by atoms with Gasteiger partial charge in [0, 0.05) is 5.41 Å². The molecule has 0 amide bonds. The average Bonchev–Trinajstić information content (AvgIpc) is 3.20. The highest BCUT2D eigenvalue weighted by molar-refractivity contribution is 5.94. The van der Waals surface area contributed by atoms with Crippen molar-refractivity contribution >= 4 is 28.9 Å². The van der Waals surface area contributed by atoms with Crippen LogP contribution in [0.25, 0.3) is 11.0 Å². The summed E-state index contributed by atoms with van der Waals surface area (Å²) in [7, 11) is 0. The molecule has 186 valence electrons. The van der Waals surface area contributed by atoms with Crippen molar-refractivity contribution in [1.82, 2.24) is 15.3 Å². The van der Waals surface area contributed by atoms with Gasteiger partial charge in [-0.2, -0.15) is 0 Å². The highest BCUT2D eigenvalue weighted by Gasteiger charge is 2.59. The topological polar surface area (TPSA) is 110 Å². The number of aromatic nitrogens is 2. The number of para-hydroxylation sites is 2. The van der Waals surface area contributed by atoms with Gasteiger partial charge in [-0.1, -0.05) is 60.6 Å². The van der Waals surface area contributed by atoms with E-state index in [2.05, 4.69) is 15.3 Å². The second-order valence-corrected chi connectivity index (χ2v) is 11.3. The van der Waals surface area contributed by atoms with Gasteiger partial charge in [0.1, 0.15) is 0 Å². The van der Waals surface area contributed by atoms with E-state index in [9.17, 15) is 14.4 Å². The van der Waals surface area contributed by atoms with Gasteiger partial charge >= 0.3 is 17.9 Å². The Balaban J connectivity index is 2.09. The van der Waals surface area contributed by atoms with Gasteiger partial charge in [-0.05, 0) is 43.5 Å². The van der Waals surface area contributed by atoms with Crippen LogP contribution >= 0.6 is 0 Å². The fourth-order valence-electron chi connectivity index (χ4n) is 4.02. The van der Waals surface area contributed by atoms with Gasteiger partial charge in [-0.3, -0.25) is 9.59 Å². The number of benzene rings is 1. The molecule has 8 nitrogen and oxygen atoms in total. The van der Waals surface area contributed by atoms with Crippen LogP contribution in [0, 0.1) is 22.7 Å². The van der Waals surface area contributed by atoms with Gasteiger partial charge in [-0.25, -0.2) is 9.78 Å². The molecule has 1 aromatic carbocycles. The Morgan fingerprint density at radius 1 is 1.03 bits per heavy atom. The number of fused-ring (bicyclic) bond motifs is 1. The molecule has 2 atom stereocenters. The Hall–Kier alpha value is -2.74. The summed E-state index contributed by atoms with van der Waals surface area (Å²) in [6, 6.07) is 7.30. The molecular weight excluding hydrogens is 434 g/mol. The molecule has 2 N–H and O–H groups in total. The number of ether oxygens (including phenoxy) is 2. The molecule has 3 rings (SSSR count). The number of carbonyl (C=O) groups is 3. The van der Waals surface area contributed by atoms with Crippen molar-refractivity contribution < 1.29 is 23.9 Å². The van der Waals surface area contributed by atoms with Crippen LogP contribution < -0.4 is 5.32 Å². The maximum absolute atomic E-state index is 13.9. The molecule has 0 saturated carbocycles. The summed E-state index contributed by atoms with van der Waals surface area (Å²) >= 11 is 0. The van der Waals surface area contributed by atoms with Crippen molar-refractivity contribution in [3.05, 3.63) is 30.1 Å². The first-order valence-corrected chi connectivity index (χ1v) is 11.9. The fourth-order valence-corrected chi connectivity index (χ4v) is 4.02. The molecule has 0 spiro atoms. The summed E-state index contributed by atoms with van der Waals surface area (Å²) in [4.78, 5) is 47.9. The van der Waals surface area contributed by atoms with E-state index in [0.717, 1.165) is 0 Å². The van der Waals surface area contributed by atoms with Crippen LogP contribution in [0.3, 0.4) is 0 Å². The normalized spacial score (nSPS) is 18.2. The van der Waals surface area contributed by atoms with E-state index < -0.39 is 40.3 Å². The number of piperidine rings is 1. The minimum atomic E-state index is -1.95. The van der Waals surface area contributed by atoms with Crippen molar-refractivity contribution in [2.45, 2.75) is 66.9 Å². The number of nitrogens with zero attached hydrogens (tertiary/aromatic N) is 1. The van der Waals surface area contributed by atoms with Crippen LogP contribution in [0.5, 0.6) is 0 Å². The number of hydrogen-bond donors (Lipinski definition) is 2. The lowest BCUT2D eigenvalue weighted by atomic mass is 9.74. The Morgan fingerprint density at radius 2 is 1.65 bits per heavy atom. The number of esters is 3. The predicted molar refractivity (Wildman–Crippen MR) is 129 cm³/mol. The third-order valence-corrected chi connectivity index (χ3v) is 6.84. The number of hydrogen-bond acceptors (Lipinski definition) is 7. The van der Waals surface area contributed by atoms with E-state index in [4.69, 9.17) is 9.47 Å². The lowest BCUT2D eigenvalue weighted by Crippen LogP contribution is -2.54. The van der Waals surface area contributed by atoms with Crippen molar-refractivity contribution in [1.29, 1.82) is 0 Å². The zero-order valence-corrected chi connectivity index (χ0v) is 21.3. The number of rotatable bonds is 5. The lowest BCUT2D eigenvalue weighted by molar-refractivity contribution is -0.207. The van der Waals surface area contributed by atoms with Crippen LogP contribution in [0.4, 0.5) is 0 Å². The highest BCUT2D eigenvalue weighted by atomic mass is 16.6. The van der Waals surface area contributed by atoms with E-state index in [-0.39, 0.29) is 11.7 Å². The smallest absolute Gasteiger partial charge is 0.366 e. The lowest BCUT2D eigenvalue weighted by Gasteiger charge is -2.41. The summed E-state index contributed by atoms with van der Waals surface area (Å²) in [5, 5.41) is 3.19.